The highest BCUT2D eigenvalue weighted by atomic mass is 19.1. The molecule has 2 rings (SSSR count). The molecule has 19 heavy (non-hydrogen) atoms. The van der Waals surface area contributed by atoms with E-state index in [1.807, 2.05) is 6.92 Å². The number of benzene rings is 1. The van der Waals surface area contributed by atoms with Gasteiger partial charge in [0, 0.05) is 24.4 Å². The van der Waals surface area contributed by atoms with Crippen LogP contribution in [0.2, 0.25) is 0 Å². The van der Waals surface area contributed by atoms with E-state index in [1.54, 1.807) is 12.1 Å². The minimum atomic E-state index is -0.367. The summed E-state index contributed by atoms with van der Waals surface area (Å²) >= 11 is 0. The van der Waals surface area contributed by atoms with E-state index in [9.17, 15) is 9.18 Å². The van der Waals surface area contributed by atoms with Gasteiger partial charge in [0.05, 0.1) is 0 Å². The summed E-state index contributed by atoms with van der Waals surface area (Å²) in [5, 5.41) is 5.66. The first-order chi connectivity index (χ1) is 9.13. The number of ether oxygens (including phenoxy) is 1. The Morgan fingerprint density at radius 2 is 2.16 bits per heavy atom. The Labute approximate surface area is 112 Å². The highest BCUT2D eigenvalue weighted by Crippen LogP contribution is 2.24. The molecule has 0 aromatic heterocycles. The zero-order valence-electron chi connectivity index (χ0n) is 11.0. The standard InChI is InChI=1S/C14H19FN2O2/c1-2-14(6-8-19-9-7-14)17-13(18)16-12-5-3-4-11(15)10-12/h3-5,10H,2,6-9H2,1H3,(H2,16,17,18). The van der Waals surface area contributed by atoms with E-state index in [0.717, 1.165) is 19.3 Å². The lowest BCUT2D eigenvalue weighted by Crippen LogP contribution is -2.52. The first-order valence-electron chi connectivity index (χ1n) is 6.56. The topological polar surface area (TPSA) is 50.4 Å². The van der Waals surface area contributed by atoms with Gasteiger partial charge in [-0.1, -0.05) is 13.0 Å². The van der Waals surface area contributed by atoms with Gasteiger partial charge in [0.2, 0.25) is 0 Å². The molecule has 1 heterocycles. The molecule has 5 heteroatoms. The Kier molecular flexibility index (Phi) is 4.37. The van der Waals surface area contributed by atoms with E-state index in [2.05, 4.69) is 10.6 Å². The highest BCUT2D eigenvalue weighted by molar-refractivity contribution is 5.89. The third-order valence-electron chi connectivity index (χ3n) is 3.59. The monoisotopic (exact) mass is 266 g/mol. The molecular formula is C14H19FN2O2. The number of halogens is 1. The van der Waals surface area contributed by atoms with Crippen LogP contribution in [-0.4, -0.2) is 24.8 Å². The van der Waals surface area contributed by atoms with Crippen molar-refractivity contribution in [1.82, 2.24) is 5.32 Å². The number of hydrogen-bond donors (Lipinski definition) is 2. The molecule has 0 aliphatic carbocycles. The zero-order chi connectivity index (χ0) is 13.7. The van der Waals surface area contributed by atoms with Crippen molar-refractivity contribution in [2.75, 3.05) is 18.5 Å². The van der Waals surface area contributed by atoms with Crippen molar-refractivity contribution in [2.24, 2.45) is 0 Å². The molecule has 104 valence electrons. The molecular weight excluding hydrogens is 247 g/mol. The van der Waals surface area contributed by atoms with Crippen LogP contribution < -0.4 is 10.6 Å². The van der Waals surface area contributed by atoms with Crippen molar-refractivity contribution in [2.45, 2.75) is 31.7 Å². The molecule has 0 spiro atoms. The average Bonchev–Trinajstić information content (AvgIpc) is 2.39. The number of rotatable bonds is 3. The van der Waals surface area contributed by atoms with E-state index >= 15 is 0 Å². The number of carbonyl (C=O) groups excluding carboxylic acids is 1. The molecule has 1 aromatic rings. The fourth-order valence-corrected chi connectivity index (χ4v) is 2.30. The van der Waals surface area contributed by atoms with E-state index in [-0.39, 0.29) is 17.4 Å². The summed E-state index contributed by atoms with van der Waals surface area (Å²) in [5.41, 5.74) is 0.242. The first kappa shape index (κ1) is 13.8. The van der Waals surface area contributed by atoms with Gasteiger partial charge in [-0.25, -0.2) is 9.18 Å². The highest BCUT2D eigenvalue weighted by Gasteiger charge is 2.32. The molecule has 1 saturated heterocycles. The number of amides is 2. The van der Waals surface area contributed by atoms with Crippen LogP contribution in [0.3, 0.4) is 0 Å². The normalized spacial score (nSPS) is 17.8. The minimum Gasteiger partial charge on any atom is -0.381 e. The Morgan fingerprint density at radius 1 is 1.42 bits per heavy atom. The Balaban J connectivity index is 1.96. The van der Waals surface area contributed by atoms with E-state index < -0.39 is 0 Å². The third kappa shape index (κ3) is 3.67. The molecule has 0 unspecified atom stereocenters. The van der Waals surface area contributed by atoms with Crippen LogP contribution in [0.1, 0.15) is 26.2 Å². The molecule has 1 aromatic carbocycles. The fourth-order valence-electron chi connectivity index (χ4n) is 2.30. The summed E-state index contributed by atoms with van der Waals surface area (Å²) in [6.07, 6.45) is 2.47. The van der Waals surface area contributed by atoms with Crippen molar-refractivity contribution < 1.29 is 13.9 Å². The van der Waals surface area contributed by atoms with Gasteiger partial charge in [0.25, 0.3) is 0 Å². The molecule has 1 aliphatic heterocycles. The predicted octanol–water partition coefficient (Wildman–Crippen LogP) is 2.91. The maximum Gasteiger partial charge on any atom is 0.319 e. The number of hydrogen-bond acceptors (Lipinski definition) is 2. The molecule has 2 amide bonds. The smallest absolute Gasteiger partial charge is 0.319 e. The molecule has 4 nitrogen and oxygen atoms in total. The lowest BCUT2D eigenvalue weighted by molar-refractivity contribution is 0.0416. The van der Waals surface area contributed by atoms with Gasteiger partial charge in [-0.2, -0.15) is 0 Å². The third-order valence-corrected chi connectivity index (χ3v) is 3.59. The van der Waals surface area contributed by atoms with Crippen LogP contribution >= 0.6 is 0 Å². The summed E-state index contributed by atoms with van der Waals surface area (Å²) in [7, 11) is 0. The van der Waals surface area contributed by atoms with Crippen LogP contribution in [-0.2, 0) is 4.74 Å². The predicted molar refractivity (Wildman–Crippen MR) is 71.6 cm³/mol. The maximum absolute atomic E-state index is 13.0. The van der Waals surface area contributed by atoms with Crippen LogP contribution in [0, 0.1) is 5.82 Å². The van der Waals surface area contributed by atoms with Gasteiger partial charge in [-0.05, 0) is 37.5 Å². The van der Waals surface area contributed by atoms with Crippen LogP contribution in [0.5, 0.6) is 0 Å². The van der Waals surface area contributed by atoms with Crippen molar-refractivity contribution >= 4 is 11.7 Å². The van der Waals surface area contributed by atoms with E-state index in [4.69, 9.17) is 4.74 Å². The summed E-state index contributed by atoms with van der Waals surface area (Å²) in [4.78, 5) is 12.0. The van der Waals surface area contributed by atoms with Crippen LogP contribution in [0.25, 0.3) is 0 Å². The van der Waals surface area contributed by atoms with Gasteiger partial charge in [-0.15, -0.1) is 0 Å². The van der Waals surface area contributed by atoms with Gasteiger partial charge in [0.15, 0.2) is 0 Å². The second-order valence-corrected chi connectivity index (χ2v) is 4.84. The van der Waals surface area contributed by atoms with Gasteiger partial charge >= 0.3 is 6.03 Å². The van der Waals surface area contributed by atoms with Gasteiger partial charge in [-0.3, -0.25) is 0 Å². The molecule has 0 atom stereocenters. The van der Waals surface area contributed by atoms with Crippen molar-refractivity contribution in [3.05, 3.63) is 30.1 Å². The summed E-state index contributed by atoms with van der Waals surface area (Å²) in [6.45, 7) is 3.37. The lowest BCUT2D eigenvalue weighted by Gasteiger charge is -2.37. The van der Waals surface area contributed by atoms with Crippen LogP contribution in [0.4, 0.5) is 14.9 Å². The molecule has 1 fully saturated rings. The molecule has 1 aliphatic rings. The zero-order valence-corrected chi connectivity index (χ0v) is 11.0. The number of urea groups is 1. The summed E-state index contributed by atoms with van der Waals surface area (Å²) < 4.78 is 18.4. The van der Waals surface area contributed by atoms with Crippen molar-refractivity contribution in [3.63, 3.8) is 0 Å². The summed E-state index contributed by atoms with van der Waals surface area (Å²) in [5.74, 6) is -0.367. The van der Waals surface area contributed by atoms with E-state index in [0.29, 0.717) is 18.9 Å². The van der Waals surface area contributed by atoms with Crippen molar-refractivity contribution in [1.29, 1.82) is 0 Å². The number of nitrogens with one attached hydrogen (secondary N) is 2. The SMILES string of the molecule is CCC1(NC(=O)Nc2cccc(F)c2)CCOCC1. The van der Waals surface area contributed by atoms with Gasteiger partial charge < -0.3 is 15.4 Å². The second kappa shape index (κ2) is 6.02. The first-order valence-corrected chi connectivity index (χ1v) is 6.56. The number of carbonyl (C=O) groups is 1. The minimum absolute atomic E-state index is 0.213. The maximum atomic E-state index is 13.0. The average molecular weight is 266 g/mol. The second-order valence-electron chi connectivity index (χ2n) is 4.84. The Hall–Kier alpha value is -1.62. The molecule has 0 saturated carbocycles. The summed E-state index contributed by atoms with van der Waals surface area (Å²) in [6, 6.07) is 5.56. The fraction of sp³-hybridized carbons (Fsp3) is 0.500. The Bertz CT molecular complexity index is 445. The Morgan fingerprint density at radius 3 is 2.79 bits per heavy atom. The molecule has 0 bridgehead atoms. The lowest BCUT2D eigenvalue weighted by atomic mass is 9.87. The van der Waals surface area contributed by atoms with Crippen molar-refractivity contribution in [3.8, 4) is 0 Å². The van der Waals surface area contributed by atoms with Gasteiger partial charge in [0.1, 0.15) is 5.82 Å². The molecule has 2 N–H and O–H groups in total. The number of anilines is 1. The quantitative estimate of drug-likeness (QED) is 0.883. The largest absolute Gasteiger partial charge is 0.381 e. The van der Waals surface area contributed by atoms with Crippen LogP contribution in [0.15, 0.2) is 24.3 Å². The molecule has 0 radical (unpaired) electrons. The van der Waals surface area contributed by atoms with E-state index in [1.165, 1.54) is 12.1 Å².